The maximum atomic E-state index is 11.4. The zero-order chi connectivity index (χ0) is 15.1. The Morgan fingerprint density at radius 1 is 1.00 bits per heavy atom. The molecule has 2 aromatic carbocycles. The molecule has 1 N–H and O–H groups in total. The molecule has 0 unspecified atom stereocenters. The number of para-hydroxylation sites is 1. The van der Waals surface area contributed by atoms with Gasteiger partial charge in [-0.1, -0.05) is 49.7 Å². The van der Waals surface area contributed by atoms with Crippen LogP contribution < -0.4 is 0 Å². The molecule has 0 atom stereocenters. The number of carboxylic acids is 1. The maximum absolute atomic E-state index is 11.4. The van der Waals surface area contributed by atoms with E-state index in [9.17, 15) is 9.90 Å². The molecule has 0 spiro atoms. The van der Waals surface area contributed by atoms with E-state index in [0.717, 1.165) is 30.7 Å². The maximum Gasteiger partial charge on any atom is 0.336 e. The summed E-state index contributed by atoms with van der Waals surface area (Å²) in [6, 6.07) is 16.7. The Balaban J connectivity index is 2.46. The van der Waals surface area contributed by atoms with Crippen LogP contribution in [0.25, 0.3) is 0 Å². The number of unbranched alkanes of at least 4 members (excludes halogenated alkanes) is 1. The molecule has 0 aromatic heterocycles. The first-order valence-corrected chi connectivity index (χ1v) is 7.17. The van der Waals surface area contributed by atoms with Gasteiger partial charge in [0.05, 0.1) is 11.3 Å². The predicted octanol–water partition coefficient (Wildman–Crippen LogP) is 4.70. The third-order valence-corrected chi connectivity index (χ3v) is 3.26. The molecule has 0 saturated heterocycles. The van der Waals surface area contributed by atoms with Crippen molar-refractivity contribution < 1.29 is 9.90 Å². The second kappa shape index (κ2) is 7.39. The molecular weight excluding hydrogens is 262 g/mol. The minimum absolute atomic E-state index is 0.309. The lowest BCUT2D eigenvalue weighted by Crippen LogP contribution is -2.09. The fourth-order valence-corrected chi connectivity index (χ4v) is 2.17. The van der Waals surface area contributed by atoms with E-state index in [-0.39, 0.29) is 0 Å². The van der Waals surface area contributed by atoms with Crippen LogP contribution in [0.15, 0.2) is 59.6 Å². The van der Waals surface area contributed by atoms with Crippen LogP contribution in [0.2, 0.25) is 0 Å². The van der Waals surface area contributed by atoms with Gasteiger partial charge in [0.2, 0.25) is 0 Å². The van der Waals surface area contributed by atoms with E-state index in [2.05, 4.69) is 11.9 Å². The minimum Gasteiger partial charge on any atom is -0.478 e. The molecule has 0 aliphatic rings. The zero-order valence-electron chi connectivity index (χ0n) is 12.1. The SMILES string of the molecule is CCCCC(=Nc1ccccc1)c1ccccc1C(=O)O. The summed E-state index contributed by atoms with van der Waals surface area (Å²) in [5.74, 6) is -0.914. The van der Waals surface area contributed by atoms with Gasteiger partial charge in [0.25, 0.3) is 0 Å². The highest BCUT2D eigenvalue weighted by Crippen LogP contribution is 2.19. The normalized spacial score (nSPS) is 11.4. The quantitative estimate of drug-likeness (QED) is 0.780. The van der Waals surface area contributed by atoms with E-state index in [1.54, 1.807) is 12.1 Å². The lowest BCUT2D eigenvalue weighted by Gasteiger charge is -2.10. The predicted molar refractivity (Wildman–Crippen MR) is 85.6 cm³/mol. The summed E-state index contributed by atoms with van der Waals surface area (Å²) in [7, 11) is 0. The van der Waals surface area contributed by atoms with Gasteiger partial charge in [-0.25, -0.2) is 4.79 Å². The Morgan fingerprint density at radius 2 is 1.62 bits per heavy atom. The molecule has 3 nitrogen and oxygen atoms in total. The number of nitrogens with zero attached hydrogens (tertiary/aromatic N) is 1. The standard InChI is InChI=1S/C18H19NO2/c1-2-3-13-17(19-14-9-5-4-6-10-14)15-11-7-8-12-16(15)18(20)21/h4-12H,2-3,13H2,1H3,(H,20,21). The summed E-state index contributed by atoms with van der Waals surface area (Å²) < 4.78 is 0. The summed E-state index contributed by atoms with van der Waals surface area (Å²) in [5, 5.41) is 9.35. The van der Waals surface area contributed by atoms with Gasteiger partial charge in [0, 0.05) is 11.3 Å². The van der Waals surface area contributed by atoms with Crippen molar-refractivity contribution >= 4 is 17.4 Å². The summed E-state index contributed by atoms with van der Waals surface area (Å²) >= 11 is 0. The number of aromatic carboxylic acids is 1. The molecule has 21 heavy (non-hydrogen) atoms. The van der Waals surface area contributed by atoms with Gasteiger partial charge in [-0.3, -0.25) is 4.99 Å². The van der Waals surface area contributed by atoms with Gasteiger partial charge < -0.3 is 5.11 Å². The summed E-state index contributed by atoms with van der Waals surface area (Å²) in [6.07, 6.45) is 2.80. The largest absolute Gasteiger partial charge is 0.478 e. The topological polar surface area (TPSA) is 49.7 Å². The van der Waals surface area contributed by atoms with Crippen LogP contribution >= 0.6 is 0 Å². The molecule has 0 bridgehead atoms. The fourth-order valence-electron chi connectivity index (χ4n) is 2.17. The first kappa shape index (κ1) is 15.0. The van der Waals surface area contributed by atoms with Crippen molar-refractivity contribution in [3.63, 3.8) is 0 Å². The van der Waals surface area contributed by atoms with Gasteiger partial charge in [0.1, 0.15) is 0 Å². The smallest absolute Gasteiger partial charge is 0.336 e. The van der Waals surface area contributed by atoms with Crippen LogP contribution in [0.4, 0.5) is 5.69 Å². The van der Waals surface area contributed by atoms with E-state index < -0.39 is 5.97 Å². The van der Waals surface area contributed by atoms with Gasteiger partial charge in [-0.05, 0) is 31.0 Å². The molecule has 0 saturated carbocycles. The van der Waals surface area contributed by atoms with Gasteiger partial charge >= 0.3 is 5.97 Å². The van der Waals surface area contributed by atoms with Crippen LogP contribution in [-0.2, 0) is 0 Å². The molecule has 0 aliphatic carbocycles. The Bertz CT molecular complexity index is 633. The molecule has 3 heteroatoms. The van der Waals surface area contributed by atoms with E-state index in [1.165, 1.54) is 0 Å². The van der Waals surface area contributed by atoms with Crippen LogP contribution in [-0.4, -0.2) is 16.8 Å². The highest BCUT2D eigenvalue weighted by molar-refractivity contribution is 6.09. The van der Waals surface area contributed by atoms with Crippen molar-refractivity contribution in [1.82, 2.24) is 0 Å². The Kier molecular flexibility index (Phi) is 5.27. The molecular formula is C18H19NO2. The lowest BCUT2D eigenvalue weighted by atomic mass is 9.99. The number of aliphatic imine (C=N–C) groups is 1. The lowest BCUT2D eigenvalue weighted by molar-refractivity contribution is 0.0696. The average molecular weight is 281 g/mol. The molecule has 0 aliphatic heterocycles. The first-order valence-electron chi connectivity index (χ1n) is 7.17. The van der Waals surface area contributed by atoms with Crippen molar-refractivity contribution in [2.45, 2.75) is 26.2 Å². The second-order valence-corrected chi connectivity index (χ2v) is 4.85. The highest BCUT2D eigenvalue weighted by Gasteiger charge is 2.13. The molecule has 108 valence electrons. The number of benzene rings is 2. The van der Waals surface area contributed by atoms with Gasteiger partial charge in [0.15, 0.2) is 0 Å². The Morgan fingerprint density at radius 3 is 2.24 bits per heavy atom. The molecule has 2 rings (SSSR count). The Hall–Kier alpha value is -2.42. The number of carboxylic acid groups (broad SMARTS) is 1. The van der Waals surface area contributed by atoms with Crippen LogP contribution in [0.5, 0.6) is 0 Å². The monoisotopic (exact) mass is 281 g/mol. The van der Waals surface area contributed by atoms with Crippen molar-refractivity contribution in [3.05, 3.63) is 65.7 Å². The third-order valence-electron chi connectivity index (χ3n) is 3.26. The van der Waals surface area contributed by atoms with Crippen LogP contribution in [0.3, 0.4) is 0 Å². The number of hydrogen-bond donors (Lipinski definition) is 1. The molecule has 0 amide bonds. The number of carbonyl (C=O) groups is 1. The van der Waals surface area contributed by atoms with Gasteiger partial charge in [-0.15, -0.1) is 0 Å². The molecule has 0 fully saturated rings. The van der Waals surface area contributed by atoms with E-state index >= 15 is 0 Å². The Labute approximate surface area is 125 Å². The minimum atomic E-state index is -0.914. The number of hydrogen-bond acceptors (Lipinski definition) is 2. The zero-order valence-corrected chi connectivity index (χ0v) is 12.1. The molecule has 0 radical (unpaired) electrons. The average Bonchev–Trinajstić information content (AvgIpc) is 2.52. The van der Waals surface area contributed by atoms with E-state index in [1.807, 2.05) is 42.5 Å². The summed E-state index contributed by atoms with van der Waals surface area (Å²) in [6.45, 7) is 2.11. The van der Waals surface area contributed by atoms with Crippen LogP contribution in [0.1, 0.15) is 42.1 Å². The second-order valence-electron chi connectivity index (χ2n) is 4.85. The highest BCUT2D eigenvalue weighted by atomic mass is 16.4. The summed E-state index contributed by atoms with van der Waals surface area (Å²) in [4.78, 5) is 16.1. The molecule has 2 aromatic rings. The van der Waals surface area contributed by atoms with Crippen molar-refractivity contribution in [2.75, 3.05) is 0 Å². The molecule has 0 heterocycles. The summed E-state index contributed by atoms with van der Waals surface area (Å²) in [5.41, 5.74) is 2.70. The van der Waals surface area contributed by atoms with Crippen molar-refractivity contribution in [1.29, 1.82) is 0 Å². The van der Waals surface area contributed by atoms with E-state index in [0.29, 0.717) is 11.1 Å². The third kappa shape index (κ3) is 4.02. The number of rotatable bonds is 6. The van der Waals surface area contributed by atoms with Crippen LogP contribution in [0, 0.1) is 0 Å². The van der Waals surface area contributed by atoms with Crippen molar-refractivity contribution in [3.8, 4) is 0 Å². The van der Waals surface area contributed by atoms with E-state index in [4.69, 9.17) is 0 Å². The van der Waals surface area contributed by atoms with Crippen molar-refractivity contribution in [2.24, 2.45) is 4.99 Å². The fraction of sp³-hybridized carbons (Fsp3) is 0.222. The van der Waals surface area contributed by atoms with Gasteiger partial charge in [-0.2, -0.15) is 0 Å². The first-order chi connectivity index (χ1) is 10.2.